The Bertz CT molecular complexity index is 3700. The van der Waals surface area contributed by atoms with Crippen molar-refractivity contribution in [3.8, 4) is 23.0 Å². The molecule has 106 heavy (non-hydrogen) atoms. The van der Waals surface area contributed by atoms with Crippen molar-refractivity contribution < 1.29 is 108 Å². The number of carboxylic acids is 2. The number of ketones is 4. The monoisotopic (exact) mass is 1590 g/mol. The van der Waals surface area contributed by atoms with Gasteiger partial charge in [0.1, 0.15) is 68.0 Å². The van der Waals surface area contributed by atoms with Crippen LogP contribution in [0.25, 0.3) is 0 Å². The number of primary sulfonamides is 2. The van der Waals surface area contributed by atoms with E-state index in [4.69, 9.17) is 73.9 Å². The Morgan fingerprint density at radius 2 is 0.868 bits per heavy atom. The van der Waals surface area contributed by atoms with E-state index in [9.17, 15) is 79.5 Å². The predicted octanol–water partition coefficient (Wildman–Crippen LogP) is 9.02. The standard InChI is InChI=1S/C23H29N3O7S.C17H20N2O5S.C9H17NO3.C8H15NO4.C6H10ClNO2.C4H9NO.C2H2Cl2O/c1-4-5-11-25-19-12-17(23(29)32-15-21(28)26(3)14-16(2)27)13-20(34(24,30)31)22(19)33-18-9-7-6-8-10-18;1-2-3-9-19-14-10-12(17(20)21)11-15(25(18,22)23)16(14)24-13-7-5-4-6-8-13;1-7(11)6-10(5)8(12)13-9(2,3)4;1-8(2,3)13-7(12)9(4)5-6(10)11;1-5(9)4-8(2)6(10)3-7;1-4(6)3-5-2;3-1-2(4)5/h6-10,12-13,25H,4-5,11,14-15H2,1-3H3,(H2,24,30,31);4-8,10-11,19H,2-3,9H2,1H3,(H,20,21)(H2,18,22,23);6H2,1-5H3;5H2,1-4H3,(H,10,11);3-4H2,1-2H3;5H,3H2,1-2H3;1H2. The molecule has 37 heteroatoms. The zero-order valence-electron chi connectivity index (χ0n) is 62.8. The van der Waals surface area contributed by atoms with Gasteiger partial charge >= 0.3 is 30.1 Å². The van der Waals surface area contributed by atoms with Gasteiger partial charge in [-0.25, -0.2) is 46.3 Å². The number of unbranched alkanes of at least 4 members (excludes halogenated alkanes) is 2. The highest BCUT2D eigenvalue weighted by Crippen LogP contribution is 2.39. The van der Waals surface area contributed by atoms with Crippen molar-refractivity contribution in [2.45, 2.75) is 130 Å². The molecule has 4 aromatic rings. The Morgan fingerprint density at radius 1 is 0.519 bits per heavy atom. The molecule has 32 nitrogen and oxygen atoms in total. The Labute approximate surface area is 635 Å². The number of ether oxygens (including phenoxy) is 5. The highest BCUT2D eigenvalue weighted by molar-refractivity contribution is 7.89. The van der Waals surface area contributed by atoms with Crippen molar-refractivity contribution in [2.24, 2.45) is 10.3 Å². The van der Waals surface area contributed by atoms with Crippen molar-refractivity contribution in [3.05, 3.63) is 96.1 Å². The number of carbonyl (C=O) groups excluding carboxylic acids is 10. The van der Waals surface area contributed by atoms with Gasteiger partial charge in [-0.05, 0) is 149 Å². The number of carbonyl (C=O) groups is 12. The van der Waals surface area contributed by atoms with E-state index < -0.39 is 84.0 Å². The zero-order valence-corrected chi connectivity index (χ0v) is 66.7. The highest BCUT2D eigenvalue weighted by Gasteiger charge is 2.27. The van der Waals surface area contributed by atoms with Gasteiger partial charge in [0.15, 0.2) is 18.1 Å². The lowest BCUT2D eigenvalue weighted by Gasteiger charge is -2.23. The minimum atomic E-state index is -4.31. The van der Waals surface area contributed by atoms with Crippen LogP contribution in [0.5, 0.6) is 23.0 Å². The molecule has 0 bridgehead atoms. The molecule has 0 atom stereocenters. The summed E-state index contributed by atoms with van der Waals surface area (Å²) in [4.78, 5) is 135. The smallest absolute Gasteiger partial charge is 0.410 e. The number of alkyl halides is 2. The summed E-state index contributed by atoms with van der Waals surface area (Å²) < 4.78 is 75.3. The lowest BCUT2D eigenvalue weighted by Crippen LogP contribution is -2.37. The summed E-state index contributed by atoms with van der Waals surface area (Å²) in [5, 5.41) is 36.7. The van der Waals surface area contributed by atoms with E-state index >= 15 is 0 Å². The normalized spacial score (nSPS) is 10.5. The number of aliphatic carboxylic acids is 1. The fraction of sp³-hybridized carbons (Fsp3) is 0.478. The predicted molar refractivity (Wildman–Crippen MR) is 402 cm³/mol. The summed E-state index contributed by atoms with van der Waals surface area (Å²) in [6, 6.07) is 21.9. The summed E-state index contributed by atoms with van der Waals surface area (Å²) >= 11 is 14.8. The van der Waals surface area contributed by atoms with Gasteiger partial charge < -0.3 is 69.4 Å². The summed E-state index contributed by atoms with van der Waals surface area (Å²) in [7, 11) is -0.879. The lowest BCUT2D eigenvalue weighted by atomic mass is 10.1. The molecular weight excluding hydrogens is 1490 g/mol. The average molecular weight is 1600 g/mol. The molecule has 0 aliphatic rings. The number of halogens is 3. The van der Waals surface area contributed by atoms with Gasteiger partial charge in [-0.2, -0.15) is 0 Å². The third-order valence-electron chi connectivity index (χ3n) is 11.8. The van der Waals surface area contributed by atoms with Crippen molar-refractivity contribution in [1.82, 2.24) is 24.9 Å². The number of nitrogens with zero attached hydrogens (tertiary/aromatic N) is 4. The fourth-order valence-corrected chi connectivity index (χ4v) is 8.82. The highest BCUT2D eigenvalue weighted by atomic mass is 35.5. The number of carboxylic acid groups (broad SMARTS) is 2. The molecular formula is C69H102Cl3N9O23S2. The van der Waals surface area contributed by atoms with Crippen LogP contribution in [0, 0.1) is 0 Å². The molecule has 0 unspecified atom stereocenters. The van der Waals surface area contributed by atoms with Crippen molar-refractivity contribution in [2.75, 3.05) is 110 Å². The summed E-state index contributed by atoms with van der Waals surface area (Å²) in [5.41, 5.74) is -0.933. The summed E-state index contributed by atoms with van der Waals surface area (Å²) in [5.74, 6) is -3.66. The summed E-state index contributed by atoms with van der Waals surface area (Å²) in [6.45, 7) is 20.9. The second kappa shape index (κ2) is 52.0. The Hall–Kier alpha value is -9.03. The lowest BCUT2D eigenvalue weighted by molar-refractivity contribution is -0.138. The molecule has 0 saturated carbocycles. The number of likely N-dealkylation sites (N-methyl/N-ethyl adjacent to an activating group) is 5. The first kappa shape index (κ1) is 101. The van der Waals surface area contributed by atoms with Crippen LogP contribution in [0.1, 0.15) is 129 Å². The molecule has 594 valence electrons. The molecule has 0 aromatic heterocycles. The molecule has 0 heterocycles. The first-order valence-electron chi connectivity index (χ1n) is 32.2. The molecule has 0 radical (unpaired) electrons. The molecule has 0 aliphatic carbocycles. The minimum absolute atomic E-state index is 0.0187. The number of Topliss-reactive ketones (excluding diaryl/α,β-unsaturated/α-hetero) is 4. The van der Waals surface area contributed by atoms with Gasteiger partial charge in [-0.1, -0.05) is 63.1 Å². The molecule has 0 spiro atoms. The third kappa shape index (κ3) is 48.9. The van der Waals surface area contributed by atoms with Gasteiger partial charge in [0.2, 0.25) is 31.2 Å². The van der Waals surface area contributed by atoms with Crippen LogP contribution in [0.15, 0.2) is 94.7 Å². The van der Waals surface area contributed by atoms with E-state index in [2.05, 4.69) is 16.0 Å². The largest absolute Gasteiger partial charge is 0.480 e. The van der Waals surface area contributed by atoms with Crippen molar-refractivity contribution in [1.29, 1.82) is 0 Å². The van der Waals surface area contributed by atoms with Gasteiger partial charge in [0.05, 0.1) is 54.6 Å². The number of esters is 1. The van der Waals surface area contributed by atoms with Gasteiger partial charge in [-0.15, -0.1) is 23.2 Å². The van der Waals surface area contributed by atoms with E-state index in [0.29, 0.717) is 31.1 Å². The Morgan fingerprint density at radius 3 is 1.16 bits per heavy atom. The number of hydrogen-bond acceptors (Lipinski definition) is 24. The molecule has 0 saturated heterocycles. The van der Waals surface area contributed by atoms with Crippen LogP contribution in [0.4, 0.5) is 21.0 Å². The van der Waals surface area contributed by atoms with Crippen LogP contribution in [-0.4, -0.2) is 228 Å². The van der Waals surface area contributed by atoms with E-state index in [-0.39, 0.29) is 106 Å². The van der Waals surface area contributed by atoms with Crippen LogP contribution >= 0.6 is 34.8 Å². The van der Waals surface area contributed by atoms with Crippen molar-refractivity contribution >= 4 is 137 Å². The number of sulfonamides is 2. The van der Waals surface area contributed by atoms with E-state index in [1.807, 2.05) is 13.8 Å². The fourth-order valence-electron chi connectivity index (χ4n) is 7.22. The second-order valence-electron chi connectivity index (χ2n) is 24.6. The first-order valence-corrected chi connectivity index (χ1v) is 36.7. The van der Waals surface area contributed by atoms with Crippen LogP contribution in [-0.2, 0) is 72.6 Å². The molecule has 4 aromatic carbocycles. The minimum Gasteiger partial charge on any atom is -0.480 e. The van der Waals surface area contributed by atoms with Crippen LogP contribution < -0.4 is 35.7 Å². The molecule has 0 aliphatic heterocycles. The van der Waals surface area contributed by atoms with Crippen molar-refractivity contribution in [3.63, 3.8) is 0 Å². The van der Waals surface area contributed by atoms with E-state index in [0.717, 1.165) is 47.6 Å². The number of rotatable bonds is 30. The number of aromatic carboxylic acids is 1. The van der Waals surface area contributed by atoms with Crippen LogP contribution in [0.3, 0.4) is 0 Å². The van der Waals surface area contributed by atoms with Gasteiger partial charge in [0, 0.05) is 41.3 Å². The SMILES string of the molecule is CC(=O)CN(C)C(=O)CCl.CC(=O)CN(C)C(=O)OC(C)(C)C.CCCCNc1cc(C(=O)O)cc(S(N)(=O)=O)c1Oc1ccccc1.CCCCNc1cc(C(=O)OCC(=O)N(C)CC(C)=O)cc(S(N)(=O)=O)c1Oc1ccccc1.CN(CC(=O)O)C(=O)OC(C)(C)C.CNCC(C)=O.O=C(Cl)CCl. The van der Waals surface area contributed by atoms with E-state index in [1.54, 1.807) is 123 Å². The average Bonchev–Trinajstić information content (AvgIpc) is 0.821. The Balaban J connectivity index is -0.00000129. The first-order chi connectivity index (χ1) is 48.9. The second-order valence-corrected chi connectivity index (χ2v) is 28.6. The molecule has 4 rings (SSSR count). The molecule has 9 N–H and O–H groups in total. The number of para-hydroxylation sites is 2. The number of hydrogen-bond donors (Lipinski definition) is 7. The third-order valence-corrected chi connectivity index (χ3v) is 14.4. The summed E-state index contributed by atoms with van der Waals surface area (Å²) in [6.07, 6.45) is 2.30. The number of benzene rings is 4. The molecule has 0 fully saturated rings. The maximum absolute atomic E-state index is 12.7. The quantitative estimate of drug-likeness (QED) is 0.00841. The maximum Gasteiger partial charge on any atom is 0.410 e. The molecule has 4 amide bonds. The number of nitrogens with two attached hydrogens (primary N) is 2. The number of anilines is 2. The van der Waals surface area contributed by atoms with E-state index in [1.165, 1.54) is 63.8 Å². The zero-order chi connectivity index (χ0) is 82.5. The van der Waals surface area contributed by atoms with Crippen LogP contribution in [0.2, 0.25) is 0 Å². The maximum atomic E-state index is 12.7. The number of amides is 4. The Kier molecular flexibility index (Phi) is 49.7. The van der Waals surface area contributed by atoms with Gasteiger partial charge in [-0.3, -0.25) is 38.4 Å². The topological polar surface area (TPSA) is 461 Å². The number of nitrogens with one attached hydrogen (secondary N) is 3. The van der Waals surface area contributed by atoms with Gasteiger partial charge in [0.25, 0.3) is 5.91 Å².